The van der Waals surface area contributed by atoms with E-state index in [2.05, 4.69) is 28.5 Å². The lowest BCUT2D eigenvalue weighted by molar-refractivity contribution is 0.476. The Hall–Kier alpha value is -1.21. The second kappa shape index (κ2) is 3.74. The van der Waals surface area contributed by atoms with E-state index in [0.717, 1.165) is 25.5 Å². The van der Waals surface area contributed by atoms with Crippen LogP contribution in [0.1, 0.15) is 11.1 Å². The fourth-order valence-electron chi connectivity index (χ4n) is 1.69. The van der Waals surface area contributed by atoms with Crippen molar-refractivity contribution < 1.29 is 5.11 Å². The molecule has 0 aromatic heterocycles. The molecule has 0 spiro atoms. The number of aryl methyl sites for hydroxylation is 1. The van der Waals surface area contributed by atoms with Crippen molar-refractivity contribution in [1.29, 1.82) is 0 Å². The highest BCUT2D eigenvalue weighted by Gasteiger charge is 2.07. The van der Waals surface area contributed by atoms with Crippen LogP contribution in [-0.4, -0.2) is 5.11 Å². The molecule has 1 nitrogen and oxygen atoms in total. The normalized spacial score (nSPS) is 10.2. The number of phenolic OH excluding ortho intramolecular Hbond substituents is 1. The molecule has 1 N–H and O–H groups in total. The van der Waals surface area contributed by atoms with Gasteiger partial charge >= 0.3 is 0 Å². The molecule has 2 heteroatoms. The van der Waals surface area contributed by atoms with E-state index in [9.17, 15) is 5.11 Å². The highest BCUT2D eigenvalue weighted by Crippen LogP contribution is 2.30. The molecule has 2 rings (SSSR count). The summed E-state index contributed by atoms with van der Waals surface area (Å²) in [6.07, 6.45) is 5.51. The summed E-state index contributed by atoms with van der Waals surface area (Å²) in [5, 5.41) is 11.5. The van der Waals surface area contributed by atoms with E-state index >= 15 is 0 Å². The Kier molecular flexibility index (Phi) is 2.57. The predicted molar refractivity (Wildman–Crippen MR) is 71.0 cm³/mol. The lowest BCUT2D eigenvalue weighted by Crippen LogP contribution is -1.88. The third-order valence-electron chi connectivity index (χ3n) is 2.41. The molecule has 2 aromatic carbocycles. The zero-order valence-corrected chi connectivity index (χ0v) is 10.4. The molecule has 0 aliphatic rings. The van der Waals surface area contributed by atoms with Crippen molar-refractivity contribution in [2.24, 2.45) is 0 Å². The first-order valence-corrected chi connectivity index (χ1v) is 5.60. The second-order valence-corrected chi connectivity index (χ2v) is 4.59. The molecule has 2 aromatic rings. The van der Waals surface area contributed by atoms with Gasteiger partial charge in [0.05, 0.1) is 0 Å². The van der Waals surface area contributed by atoms with E-state index in [0.29, 0.717) is 0 Å². The van der Waals surface area contributed by atoms with Crippen LogP contribution in [0, 0.1) is 22.8 Å². The number of hydrogen-bond donors (Lipinski definition) is 1. The predicted octanol–water partition coefficient (Wildman–Crippen LogP) is 3.44. The van der Waals surface area contributed by atoms with Gasteiger partial charge in [0.1, 0.15) is 5.75 Å². The molecule has 0 atom stereocenters. The maximum Gasteiger partial charge on any atom is 0.117 e. The van der Waals surface area contributed by atoms with Crippen LogP contribution in [0.25, 0.3) is 10.8 Å². The van der Waals surface area contributed by atoms with Crippen molar-refractivity contribution in [1.82, 2.24) is 0 Å². The molecule has 0 bridgehead atoms. The molecule has 0 fully saturated rings. The Morgan fingerprint density at radius 2 is 2.07 bits per heavy atom. The Morgan fingerprint density at radius 1 is 1.33 bits per heavy atom. The van der Waals surface area contributed by atoms with Crippen molar-refractivity contribution in [3.63, 3.8) is 0 Å². The van der Waals surface area contributed by atoms with Gasteiger partial charge in [-0.2, -0.15) is 0 Å². The first-order chi connectivity index (χ1) is 7.13. The quantitative estimate of drug-likeness (QED) is 0.584. The number of hydrogen-bond acceptors (Lipinski definition) is 1. The molecule has 0 saturated heterocycles. The van der Waals surface area contributed by atoms with Gasteiger partial charge in [-0.3, -0.25) is 0 Å². The fraction of sp³-hybridized carbons (Fsp3) is 0.0769. The van der Waals surface area contributed by atoms with Crippen molar-refractivity contribution in [3.8, 4) is 18.1 Å². The van der Waals surface area contributed by atoms with Crippen molar-refractivity contribution >= 4 is 33.4 Å². The maximum atomic E-state index is 9.49. The number of fused-ring (bicyclic) bond motifs is 1. The largest absolute Gasteiger partial charge is 0.508 e. The summed E-state index contributed by atoms with van der Waals surface area (Å²) < 4.78 is 0.985. The average Bonchev–Trinajstić information content (AvgIpc) is 2.18. The van der Waals surface area contributed by atoms with Gasteiger partial charge < -0.3 is 5.11 Å². The molecule has 0 heterocycles. The topological polar surface area (TPSA) is 20.2 Å². The number of phenols is 1. The number of halogens is 1. The Balaban J connectivity index is 3.00. The summed E-state index contributed by atoms with van der Waals surface area (Å²) in [4.78, 5) is 0. The van der Waals surface area contributed by atoms with Crippen molar-refractivity contribution in [2.45, 2.75) is 6.92 Å². The minimum absolute atomic E-state index is 0.277. The molecule has 15 heavy (non-hydrogen) atoms. The molecule has 0 saturated carbocycles. The fourth-order valence-corrected chi connectivity index (χ4v) is 2.59. The van der Waals surface area contributed by atoms with Crippen LogP contribution < -0.4 is 0 Å². The van der Waals surface area contributed by atoms with E-state index in [4.69, 9.17) is 6.42 Å². The van der Waals surface area contributed by atoms with Crippen LogP contribution in [0.2, 0.25) is 0 Å². The van der Waals surface area contributed by atoms with E-state index in [1.54, 1.807) is 12.1 Å². The SMILES string of the molecule is C#Cc1c(C)ccc2cc(O)cc(I)c12. The minimum Gasteiger partial charge on any atom is -0.508 e. The first kappa shape index (κ1) is 10.3. The van der Waals surface area contributed by atoms with Crippen LogP contribution in [0.15, 0.2) is 24.3 Å². The molecule has 0 unspecified atom stereocenters. The van der Waals surface area contributed by atoms with E-state index in [-0.39, 0.29) is 5.75 Å². The van der Waals surface area contributed by atoms with Crippen molar-refractivity contribution in [3.05, 3.63) is 39.0 Å². The monoisotopic (exact) mass is 308 g/mol. The Bertz CT molecular complexity index is 579. The number of rotatable bonds is 0. The van der Waals surface area contributed by atoms with Gasteiger partial charge in [0.25, 0.3) is 0 Å². The van der Waals surface area contributed by atoms with Gasteiger partial charge in [-0.05, 0) is 52.6 Å². The standard InChI is InChI=1S/C13H9IO/c1-3-11-8(2)4-5-9-6-10(15)7-12(14)13(9)11/h1,4-7,15H,2H3. The zero-order chi connectivity index (χ0) is 11.0. The van der Waals surface area contributed by atoms with Gasteiger partial charge in [-0.15, -0.1) is 6.42 Å². The number of benzene rings is 2. The molecule has 0 amide bonds. The van der Waals surface area contributed by atoms with E-state index in [1.165, 1.54) is 0 Å². The highest BCUT2D eigenvalue weighted by atomic mass is 127. The van der Waals surface area contributed by atoms with Crippen LogP contribution in [0.3, 0.4) is 0 Å². The third kappa shape index (κ3) is 1.68. The molecular weight excluding hydrogens is 299 g/mol. The summed E-state index contributed by atoms with van der Waals surface area (Å²) in [7, 11) is 0. The van der Waals surface area contributed by atoms with Gasteiger partial charge in [0.2, 0.25) is 0 Å². The number of terminal acetylenes is 1. The summed E-state index contributed by atoms with van der Waals surface area (Å²) in [6, 6.07) is 7.42. The van der Waals surface area contributed by atoms with Crippen LogP contribution in [0.5, 0.6) is 5.75 Å². The smallest absolute Gasteiger partial charge is 0.117 e. The van der Waals surface area contributed by atoms with E-state index in [1.807, 2.05) is 19.1 Å². The number of aromatic hydroxyl groups is 1. The van der Waals surface area contributed by atoms with Gasteiger partial charge in [-0.25, -0.2) is 0 Å². The molecule has 0 aliphatic heterocycles. The molecule has 0 aliphatic carbocycles. The van der Waals surface area contributed by atoms with E-state index < -0.39 is 0 Å². The first-order valence-electron chi connectivity index (χ1n) is 4.52. The van der Waals surface area contributed by atoms with Crippen LogP contribution in [-0.2, 0) is 0 Å². The second-order valence-electron chi connectivity index (χ2n) is 3.43. The lowest BCUT2D eigenvalue weighted by atomic mass is 10.0. The Morgan fingerprint density at radius 3 is 2.73 bits per heavy atom. The van der Waals surface area contributed by atoms with Crippen LogP contribution in [0.4, 0.5) is 0 Å². The van der Waals surface area contributed by atoms with Gasteiger partial charge in [0.15, 0.2) is 0 Å². The van der Waals surface area contributed by atoms with Crippen molar-refractivity contribution in [2.75, 3.05) is 0 Å². The lowest BCUT2D eigenvalue weighted by Gasteiger charge is -2.07. The average molecular weight is 308 g/mol. The summed E-state index contributed by atoms with van der Waals surface area (Å²) in [6.45, 7) is 2.00. The zero-order valence-electron chi connectivity index (χ0n) is 8.21. The molecule has 0 radical (unpaired) electrons. The third-order valence-corrected chi connectivity index (χ3v) is 3.26. The maximum absolute atomic E-state index is 9.49. The minimum atomic E-state index is 0.277. The summed E-state index contributed by atoms with van der Waals surface area (Å²) >= 11 is 2.19. The van der Waals surface area contributed by atoms with Gasteiger partial charge in [0, 0.05) is 14.5 Å². The van der Waals surface area contributed by atoms with Crippen LogP contribution >= 0.6 is 22.6 Å². The summed E-state index contributed by atoms with van der Waals surface area (Å²) in [5.41, 5.74) is 2.01. The Labute approximate surface area is 102 Å². The summed E-state index contributed by atoms with van der Waals surface area (Å²) in [5.74, 6) is 2.99. The van der Waals surface area contributed by atoms with Gasteiger partial charge in [-0.1, -0.05) is 18.1 Å². The molecular formula is C13H9IO. The molecule has 74 valence electrons. The highest BCUT2D eigenvalue weighted by molar-refractivity contribution is 14.1.